The van der Waals surface area contributed by atoms with E-state index in [4.69, 9.17) is 0 Å². The Balaban J connectivity index is 2.18. The molecule has 3 rings (SSSR count). The number of fused-ring (bicyclic) bond motifs is 1. The van der Waals surface area contributed by atoms with E-state index in [-0.39, 0.29) is 11.8 Å². The molecule has 0 heterocycles. The second-order valence-electron chi connectivity index (χ2n) is 6.25. The summed E-state index contributed by atoms with van der Waals surface area (Å²) in [6.07, 6.45) is -2.47. The molecule has 0 saturated carbocycles. The van der Waals surface area contributed by atoms with Gasteiger partial charge >= 0.3 is 6.18 Å². The van der Waals surface area contributed by atoms with Gasteiger partial charge in [0.2, 0.25) is 0 Å². The lowest BCUT2D eigenvalue weighted by Gasteiger charge is -2.33. The van der Waals surface area contributed by atoms with E-state index in [0.29, 0.717) is 10.9 Å². The van der Waals surface area contributed by atoms with Crippen LogP contribution in [0.1, 0.15) is 47.1 Å². The molecule has 23 heavy (non-hydrogen) atoms. The maximum absolute atomic E-state index is 13.4. The first-order chi connectivity index (χ1) is 10.9. The van der Waals surface area contributed by atoms with Crippen molar-refractivity contribution >= 4 is 15.9 Å². The molecule has 1 aliphatic carbocycles. The highest BCUT2D eigenvalue weighted by Crippen LogP contribution is 2.45. The van der Waals surface area contributed by atoms with Crippen molar-refractivity contribution in [2.45, 2.75) is 37.2 Å². The third-order valence-corrected chi connectivity index (χ3v) is 5.39. The molecule has 4 heteroatoms. The van der Waals surface area contributed by atoms with Crippen LogP contribution in [0.3, 0.4) is 0 Å². The van der Waals surface area contributed by atoms with Gasteiger partial charge in [-0.05, 0) is 47.1 Å². The van der Waals surface area contributed by atoms with Crippen LogP contribution in [0.4, 0.5) is 13.2 Å². The number of aryl methyl sites for hydroxylation is 1. The summed E-state index contributed by atoms with van der Waals surface area (Å²) in [6.45, 7) is 2.06. The van der Waals surface area contributed by atoms with Crippen molar-refractivity contribution in [3.8, 4) is 0 Å². The van der Waals surface area contributed by atoms with Crippen molar-refractivity contribution in [1.29, 1.82) is 0 Å². The van der Waals surface area contributed by atoms with Crippen molar-refractivity contribution in [2.24, 2.45) is 5.92 Å². The Bertz CT molecular complexity index is 706. The lowest BCUT2D eigenvalue weighted by molar-refractivity contribution is -0.138. The van der Waals surface area contributed by atoms with E-state index >= 15 is 0 Å². The minimum Gasteiger partial charge on any atom is -0.166 e. The van der Waals surface area contributed by atoms with E-state index in [1.54, 1.807) is 12.1 Å². The summed E-state index contributed by atoms with van der Waals surface area (Å²) in [7, 11) is 0. The summed E-state index contributed by atoms with van der Waals surface area (Å²) in [4.78, 5) is 0. The van der Waals surface area contributed by atoms with Crippen molar-refractivity contribution < 1.29 is 13.2 Å². The molecule has 2 atom stereocenters. The molecule has 0 N–H and O–H groups in total. The second kappa shape index (κ2) is 6.31. The molecule has 0 nitrogen and oxygen atoms in total. The number of alkyl halides is 4. The summed E-state index contributed by atoms with van der Waals surface area (Å²) in [5.74, 6) is -0.00727. The predicted molar refractivity (Wildman–Crippen MR) is 89.8 cm³/mol. The zero-order valence-corrected chi connectivity index (χ0v) is 14.4. The molecule has 122 valence electrons. The Morgan fingerprint density at radius 1 is 1.09 bits per heavy atom. The molecule has 2 aromatic carbocycles. The standard InChI is InChI=1S/C19H18BrF3/c1-12-6-8-14-9-7-13(11-20)10-16(14)18(12)15-4-2-3-5-17(15)19(21,22)23/h2-5,7,9-10,12,18H,6,8,11H2,1H3. The number of hydrogen-bond acceptors (Lipinski definition) is 0. The van der Waals surface area contributed by atoms with E-state index in [1.165, 1.54) is 17.7 Å². The zero-order valence-electron chi connectivity index (χ0n) is 12.8. The highest BCUT2D eigenvalue weighted by molar-refractivity contribution is 9.08. The van der Waals surface area contributed by atoms with Crippen LogP contribution in [0, 0.1) is 5.92 Å². The van der Waals surface area contributed by atoms with E-state index in [9.17, 15) is 13.2 Å². The average molecular weight is 383 g/mol. The molecule has 0 amide bonds. The molecular weight excluding hydrogens is 365 g/mol. The second-order valence-corrected chi connectivity index (χ2v) is 6.81. The summed E-state index contributed by atoms with van der Waals surface area (Å²) in [6, 6.07) is 12.2. The van der Waals surface area contributed by atoms with Crippen LogP contribution in [-0.4, -0.2) is 0 Å². The van der Waals surface area contributed by atoms with Crippen LogP contribution in [0.5, 0.6) is 0 Å². The molecule has 1 aliphatic rings. The van der Waals surface area contributed by atoms with E-state index in [1.807, 2.05) is 0 Å². The Morgan fingerprint density at radius 2 is 1.83 bits per heavy atom. The minimum absolute atomic E-state index is 0.191. The largest absolute Gasteiger partial charge is 0.416 e. The molecule has 0 aliphatic heterocycles. The minimum atomic E-state index is -4.32. The van der Waals surface area contributed by atoms with Gasteiger partial charge in [-0.25, -0.2) is 0 Å². The Morgan fingerprint density at radius 3 is 2.52 bits per heavy atom. The van der Waals surface area contributed by atoms with Gasteiger partial charge in [0.1, 0.15) is 0 Å². The highest BCUT2D eigenvalue weighted by Gasteiger charge is 2.38. The van der Waals surface area contributed by atoms with Gasteiger partial charge in [-0.15, -0.1) is 0 Å². The Hall–Kier alpha value is -1.29. The fourth-order valence-electron chi connectivity index (χ4n) is 3.60. The van der Waals surface area contributed by atoms with Crippen molar-refractivity contribution in [1.82, 2.24) is 0 Å². The van der Waals surface area contributed by atoms with Gasteiger partial charge in [0.15, 0.2) is 0 Å². The van der Waals surface area contributed by atoms with Gasteiger partial charge in [-0.2, -0.15) is 13.2 Å². The number of halogens is 4. The van der Waals surface area contributed by atoms with Gasteiger partial charge in [-0.1, -0.05) is 59.3 Å². The monoisotopic (exact) mass is 382 g/mol. The van der Waals surface area contributed by atoms with Crippen LogP contribution in [0.25, 0.3) is 0 Å². The first kappa shape index (κ1) is 16.6. The molecule has 0 fully saturated rings. The molecule has 0 radical (unpaired) electrons. The first-order valence-electron chi connectivity index (χ1n) is 7.75. The molecule has 0 bridgehead atoms. The topological polar surface area (TPSA) is 0 Å². The lowest BCUT2D eigenvalue weighted by atomic mass is 9.71. The highest BCUT2D eigenvalue weighted by atomic mass is 79.9. The maximum atomic E-state index is 13.4. The van der Waals surface area contributed by atoms with Crippen LogP contribution in [0.15, 0.2) is 42.5 Å². The predicted octanol–water partition coefficient (Wildman–Crippen LogP) is 6.31. The molecule has 2 aromatic rings. The Kier molecular flexibility index (Phi) is 4.54. The Labute approximate surface area is 142 Å². The van der Waals surface area contributed by atoms with Gasteiger partial charge in [0, 0.05) is 11.2 Å². The van der Waals surface area contributed by atoms with Crippen LogP contribution < -0.4 is 0 Å². The SMILES string of the molecule is CC1CCc2ccc(CBr)cc2C1c1ccccc1C(F)(F)F. The lowest BCUT2D eigenvalue weighted by Crippen LogP contribution is -2.23. The van der Waals surface area contributed by atoms with Crippen molar-refractivity contribution in [2.75, 3.05) is 0 Å². The van der Waals surface area contributed by atoms with Gasteiger partial charge in [0.25, 0.3) is 0 Å². The van der Waals surface area contributed by atoms with Crippen LogP contribution in [0.2, 0.25) is 0 Å². The molecular formula is C19H18BrF3. The van der Waals surface area contributed by atoms with Crippen LogP contribution in [-0.2, 0) is 17.9 Å². The van der Waals surface area contributed by atoms with Crippen molar-refractivity contribution in [3.05, 3.63) is 70.3 Å². The number of benzene rings is 2. The van der Waals surface area contributed by atoms with E-state index < -0.39 is 11.7 Å². The van der Waals surface area contributed by atoms with Gasteiger partial charge in [-0.3, -0.25) is 0 Å². The first-order valence-corrected chi connectivity index (χ1v) is 8.87. The summed E-state index contributed by atoms with van der Waals surface area (Å²) >= 11 is 3.44. The normalized spacial score (nSPS) is 21.1. The third-order valence-electron chi connectivity index (χ3n) is 4.74. The molecule has 0 spiro atoms. The number of hydrogen-bond donors (Lipinski definition) is 0. The molecule has 0 saturated heterocycles. The summed E-state index contributed by atoms with van der Waals surface area (Å²) < 4.78 is 40.3. The van der Waals surface area contributed by atoms with E-state index in [2.05, 4.69) is 41.1 Å². The smallest absolute Gasteiger partial charge is 0.166 e. The van der Waals surface area contributed by atoms with Crippen molar-refractivity contribution in [3.63, 3.8) is 0 Å². The molecule has 0 aromatic heterocycles. The summed E-state index contributed by atoms with van der Waals surface area (Å²) in [5, 5.41) is 0.711. The van der Waals surface area contributed by atoms with Gasteiger partial charge in [0.05, 0.1) is 5.56 Å². The van der Waals surface area contributed by atoms with Gasteiger partial charge < -0.3 is 0 Å². The average Bonchev–Trinajstić information content (AvgIpc) is 2.53. The zero-order chi connectivity index (χ0) is 16.6. The molecule has 2 unspecified atom stereocenters. The van der Waals surface area contributed by atoms with Crippen LogP contribution >= 0.6 is 15.9 Å². The number of rotatable bonds is 2. The van der Waals surface area contributed by atoms with E-state index in [0.717, 1.165) is 24.0 Å². The fraction of sp³-hybridized carbons (Fsp3) is 0.368. The third kappa shape index (κ3) is 3.18. The fourth-order valence-corrected chi connectivity index (χ4v) is 3.95. The summed E-state index contributed by atoms with van der Waals surface area (Å²) in [5.41, 5.74) is 3.23. The maximum Gasteiger partial charge on any atom is 0.416 e. The quantitative estimate of drug-likeness (QED) is 0.533.